The smallest absolute Gasteiger partial charge is 0.270 e. The average Bonchev–Trinajstić information content (AvgIpc) is 3.38. The number of hydrogen-bond acceptors (Lipinski definition) is 3. The molecule has 2 heterocycles. The van der Waals surface area contributed by atoms with Gasteiger partial charge in [0.25, 0.3) is 11.8 Å². The highest BCUT2D eigenvalue weighted by atomic mass is 16.2. The first kappa shape index (κ1) is 24.3. The average molecular weight is 491 g/mol. The number of benzene rings is 3. The van der Waals surface area contributed by atoms with Crippen LogP contribution in [-0.4, -0.2) is 39.6 Å². The summed E-state index contributed by atoms with van der Waals surface area (Å²) in [6, 6.07) is 27.0. The summed E-state index contributed by atoms with van der Waals surface area (Å²) in [5.74, 6) is -0.486. The van der Waals surface area contributed by atoms with Gasteiger partial charge in [0.1, 0.15) is 11.4 Å². The van der Waals surface area contributed by atoms with Crippen LogP contribution in [0.4, 0.5) is 0 Å². The molecule has 0 saturated carbocycles. The van der Waals surface area contributed by atoms with Crippen molar-refractivity contribution in [1.82, 2.24) is 20.0 Å². The van der Waals surface area contributed by atoms with E-state index in [9.17, 15) is 9.59 Å². The maximum absolute atomic E-state index is 13.7. The molecule has 4 aromatic rings. The third kappa shape index (κ3) is 5.70. The lowest BCUT2D eigenvalue weighted by atomic mass is 10.1. The summed E-state index contributed by atoms with van der Waals surface area (Å²) in [5.41, 5.74) is 5.14. The molecule has 3 aromatic carbocycles. The van der Waals surface area contributed by atoms with Crippen molar-refractivity contribution in [2.24, 2.45) is 0 Å². The molecular formula is C31H30N4O2. The number of carbonyl (C=O) groups excluding carboxylic acids is 2. The van der Waals surface area contributed by atoms with Gasteiger partial charge in [0.15, 0.2) is 0 Å². The standard InChI is InChI=1S/C31H30N4O2/c1-23-15-17-25(18-16-23)30(36)32-28(31(37)34-19-9-4-10-20-34)21-26-22-35(27-13-7-3-8-14-27)33-29(26)24-11-5-2-6-12-24/h2-3,5-8,11-18,21-22H,4,9-10,19-20H2,1H3,(H,32,36)/b28-21-. The van der Waals surface area contributed by atoms with Crippen molar-refractivity contribution in [3.05, 3.63) is 114 Å². The summed E-state index contributed by atoms with van der Waals surface area (Å²) in [6.07, 6.45) is 6.70. The van der Waals surface area contributed by atoms with Gasteiger partial charge in [-0.25, -0.2) is 4.68 Å². The fourth-order valence-electron chi connectivity index (χ4n) is 4.50. The summed E-state index contributed by atoms with van der Waals surface area (Å²) in [6.45, 7) is 3.35. The van der Waals surface area contributed by atoms with E-state index in [0.717, 1.165) is 47.3 Å². The van der Waals surface area contributed by atoms with E-state index >= 15 is 0 Å². The molecule has 0 unspecified atom stereocenters. The molecule has 1 N–H and O–H groups in total. The number of piperidine rings is 1. The van der Waals surface area contributed by atoms with Crippen LogP contribution in [0.5, 0.6) is 0 Å². The Kier molecular flexibility index (Phi) is 7.26. The number of nitrogens with zero attached hydrogens (tertiary/aromatic N) is 3. The molecule has 0 spiro atoms. The van der Waals surface area contributed by atoms with Crippen LogP contribution in [0.2, 0.25) is 0 Å². The molecule has 1 aliphatic rings. The first-order valence-corrected chi connectivity index (χ1v) is 12.7. The van der Waals surface area contributed by atoms with Gasteiger partial charge in [-0.3, -0.25) is 9.59 Å². The quantitative estimate of drug-likeness (QED) is 0.356. The molecule has 0 atom stereocenters. The number of hydrogen-bond donors (Lipinski definition) is 1. The highest BCUT2D eigenvalue weighted by Gasteiger charge is 2.23. The monoisotopic (exact) mass is 490 g/mol. The van der Waals surface area contributed by atoms with Crippen molar-refractivity contribution >= 4 is 17.9 Å². The van der Waals surface area contributed by atoms with Gasteiger partial charge >= 0.3 is 0 Å². The molecule has 6 nitrogen and oxygen atoms in total. The van der Waals surface area contributed by atoms with Crippen LogP contribution < -0.4 is 5.32 Å². The molecule has 5 rings (SSSR count). The summed E-state index contributed by atoms with van der Waals surface area (Å²) >= 11 is 0. The van der Waals surface area contributed by atoms with Gasteiger partial charge < -0.3 is 10.2 Å². The van der Waals surface area contributed by atoms with E-state index in [1.807, 2.05) is 90.8 Å². The lowest BCUT2D eigenvalue weighted by Gasteiger charge is -2.27. The van der Waals surface area contributed by atoms with Gasteiger partial charge in [0.05, 0.1) is 5.69 Å². The van der Waals surface area contributed by atoms with Crippen LogP contribution in [0, 0.1) is 6.92 Å². The second kappa shape index (κ2) is 11.1. The molecule has 186 valence electrons. The Balaban J connectivity index is 1.58. The van der Waals surface area contributed by atoms with E-state index in [4.69, 9.17) is 5.10 Å². The van der Waals surface area contributed by atoms with Crippen molar-refractivity contribution in [2.45, 2.75) is 26.2 Å². The number of para-hydroxylation sites is 1. The summed E-state index contributed by atoms with van der Waals surface area (Å²) in [4.78, 5) is 28.7. The Morgan fingerprint density at radius 1 is 0.838 bits per heavy atom. The van der Waals surface area contributed by atoms with Crippen LogP contribution >= 0.6 is 0 Å². The molecular weight excluding hydrogens is 460 g/mol. The predicted octanol–water partition coefficient (Wildman–Crippen LogP) is 5.63. The number of nitrogens with one attached hydrogen (secondary N) is 1. The van der Waals surface area contributed by atoms with Crippen molar-refractivity contribution in [3.63, 3.8) is 0 Å². The van der Waals surface area contributed by atoms with Crippen LogP contribution in [0.25, 0.3) is 23.0 Å². The molecule has 37 heavy (non-hydrogen) atoms. The number of aryl methyl sites for hydroxylation is 1. The van der Waals surface area contributed by atoms with E-state index in [0.29, 0.717) is 18.7 Å². The van der Waals surface area contributed by atoms with Gasteiger partial charge in [-0.2, -0.15) is 5.10 Å². The first-order valence-electron chi connectivity index (χ1n) is 12.7. The lowest BCUT2D eigenvalue weighted by Crippen LogP contribution is -2.41. The fraction of sp³-hybridized carbons (Fsp3) is 0.194. The normalized spacial score (nSPS) is 13.9. The molecule has 1 fully saturated rings. The minimum Gasteiger partial charge on any atom is -0.337 e. The Hall–Kier alpha value is -4.45. The SMILES string of the molecule is Cc1ccc(C(=O)N/C(=C\c2cn(-c3ccccc3)nc2-c2ccccc2)C(=O)N2CCCCC2)cc1. The van der Waals surface area contributed by atoms with Crippen LogP contribution in [0.3, 0.4) is 0 Å². The zero-order valence-corrected chi connectivity index (χ0v) is 20.9. The molecule has 0 aliphatic carbocycles. The lowest BCUT2D eigenvalue weighted by molar-refractivity contribution is -0.128. The predicted molar refractivity (Wildman–Crippen MR) is 146 cm³/mol. The van der Waals surface area contributed by atoms with Crippen molar-refractivity contribution in [3.8, 4) is 16.9 Å². The molecule has 6 heteroatoms. The van der Waals surface area contributed by atoms with Crippen molar-refractivity contribution in [1.29, 1.82) is 0 Å². The Bertz CT molecular complexity index is 1400. The largest absolute Gasteiger partial charge is 0.337 e. The van der Waals surface area contributed by atoms with Gasteiger partial charge in [-0.15, -0.1) is 0 Å². The summed E-state index contributed by atoms with van der Waals surface area (Å²) in [5, 5.41) is 7.78. The highest BCUT2D eigenvalue weighted by molar-refractivity contribution is 6.05. The number of amides is 2. The number of rotatable bonds is 6. The Labute approximate surface area is 217 Å². The number of carbonyl (C=O) groups is 2. The molecule has 1 aliphatic heterocycles. The van der Waals surface area contributed by atoms with E-state index < -0.39 is 0 Å². The van der Waals surface area contributed by atoms with Crippen LogP contribution in [0.15, 0.2) is 96.8 Å². The van der Waals surface area contributed by atoms with Crippen LogP contribution in [-0.2, 0) is 4.79 Å². The second-order valence-electron chi connectivity index (χ2n) is 9.31. The number of aromatic nitrogens is 2. The summed E-state index contributed by atoms with van der Waals surface area (Å²) in [7, 11) is 0. The van der Waals surface area contributed by atoms with E-state index in [-0.39, 0.29) is 17.5 Å². The first-order chi connectivity index (χ1) is 18.1. The minimum absolute atomic E-state index is 0.174. The third-order valence-corrected chi connectivity index (χ3v) is 6.55. The van der Waals surface area contributed by atoms with Gasteiger partial charge in [-0.05, 0) is 56.5 Å². The zero-order valence-electron chi connectivity index (χ0n) is 20.9. The highest BCUT2D eigenvalue weighted by Crippen LogP contribution is 2.26. The Morgan fingerprint density at radius 3 is 2.16 bits per heavy atom. The van der Waals surface area contributed by atoms with E-state index in [2.05, 4.69) is 5.32 Å². The van der Waals surface area contributed by atoms with E-state index in [1.54, 1.807) is 22.9 Å². The maximum Gasteiger partial charge on any atom is 0.270 e. The fourth-order valence-corrected chi connectivity index (χ4v) is 4.50. The Morgan fingerprint density at radius 2 is 1.49 bits per heavy atom. The molecule has 1 aromatic heterocycles. The molecule has 2 amide bonds. The molecule has 0 radical (unpaired) electrons. The number of likely N-dealkylation sites (tertiary alicyclic amines) is 1. The molecule has 1 saturated heterocycles. The topological polar surface area (TPSA) is 67.2 Å². The third-order valence-electron chi connectivity index (χ3n) is 6.55. The van der Waals surface area contributed by atoms with Gasteiger partial charge in [-0.1, -0.05) is 66.2 Å². The van der Waals surface area contributed by atoms with Crippen molar-refractivity contribution < 1.29 is 9.59 Å². The summed E-state index contributed by atoms with van der Waals surface area (Å²) < 4.78 is 1.80. The zero-order chi connectivity index (χ0) is 25.6. The molecule has 0 bridgehead atoms. The van der Waals surface area contributed by atoms with E-state index in [1.165, 1.54) is 0 Å². The van der Waals surface area contributed by atoms with Gasteiger partial charge in [0, 0.05) is 36.0 Å². The maximum atomic E-state index is 13.7. The second-order valence-corrected chi connectivity index (χ2v) is 9.31. The van der Waals surface area contributed by atoms with Crippen molar-refractivity contribution in [2.75, 3.05) is 13.1 Å². The van der Waals surface area contributed by atoms with Crippen LogP contribution in [0.1, 0.15) is 40.7 Å². The van der Waals surface area contributed by atoms with Gasteiger partial charge in [0.2, 0.25) is 0 Å². The minimum atomic E-state index is -0.312.